The Morgan fingerprint density at radius 2 is 1.83 bits per heavy atom. The van der Waals surface area contributed by atoms with Crippen LogP contribution in [0.25, 0.3) is 0 Å². The summed E-state index contributed by atoms with van der Waals surface area (Å²) in [5, 5.41) is 0. The first kappa shape index (κ1) is 20.3. The number of benzene rings is 1. The van der Waals surface area contributed by atoms with Gasteiger partial charge in [0, 0.05) is 12.3 Å². The van der Waals surface area contributed by atoms with Crippen LogP contribution in [0.15, 0.2) is 46.1 Å². The third-order valence-corrected chi connectivity index (χ3v) is 4.96. The summed E-state index contributed by atoms with van der Waals surface area (Å²) in [4.78, 5) is 38.2. The highest BCUT2D eigenvalue weighted by Gasteiger charge is 2.56. The monoisotopic (exact) mass is 418 g/mol. The summed E-state index contributed by atoms with van der Waals surface area (Å²) < 4.78 is 29.5. The van der Waals surface area contributed by atoms with Crippen molar-refractivity contribution < 1.29 is 28.5 Å². The number of carbonyl (C=O) groups is 1. The first-order chi connectivity index (χ1) is 14.3. The van der Waals surface area contributed by atoms with Gasteiger partial charge in [0.15, 0.2) is 12.0 Å². The van der Waals surface area contributed by atoms with Crippen LogP contribution >= 0.6 is 0 Å². The molecule has 4 unspecified atom stereocenters. The van der Waals surface area contributed by atoms with Crippen molar-refractivity contribution in [3.8, 4) is 5.75 Å². The van der Waals surface area contributed by atoms with Crippen molar-refractivity contribution in [1.82, 2.24) is 9.55 Å². The number of fused-ring (bicyclic) bond motifs is 1. The van der Waals surface area contributed by atoms with Gasteiger partial charge >= 0.3 is 11.7 Å². The molecule has 30 heavy (non-hydrogen) atoms. The number of rotatable bonds is 5. The maximum absolute atomic E-state index is 12.4. The van der Waals surface area contributed by atoms with Gasteiger partial charge < -0.3 is 23.7 Å². The van der Waals surface area contributed by atoms with Crippen molar-refractivity contribution >= 4 is 5.97 Å². The average Bonchev–Trinajstić information content (AvgIpc) is 3.19. The quantitative estimate of drug-likeness (QED) is 0.709. The first-order valence-electron chi connectivity index (χ1n) is 9.41. The number of aromatic amines is 1. The van der Waals surface area contributed by atoms with Gasteiger partial charge in [-0.05, 0) is 38.1 Å². The van der Waals surface area contributed by atoms with Crippen molar-refractivity contribution in [2.75, 3.05) is 13.7 Å². The number of nitrogens with zero attached hydrogens (tertiary/aromatic N) is 1. The minimum Gasteiger partial charge on any atom is -0.497 e. The second kappa shape index (κ2) is 7.71. The zero-order chi connectivity index (χ0) is 21.5. The zero-order valence-electron chi connectivity index (χ0n) is 16.7. The molecule has 0 radical (unpaired) electrons. The number of esters is 1. The van der Waals surface area contributed by atoms with Crippen LogP contribution in [0.2, 0.25) is 0 Å². The fraction of sp³-hybridized carbons (Fsp3) is 0.450. The molecule has 1 aromatic heterocycles. The molecule has 2 aromatic rings. The van der Waals surface area contributed by atoms with Gasteiger partial charge in [-0.3, -0.25) is 14.3 Å². The minimum atomic E-state index is -0.901. The molecule has 2 saturated heterocycles. The smallest absolute Gasteiger partial charge is 0.338 e. The van der Waals surface area contributed by atoms with Crippen LogP contribution in [0.5, 0.6) is 5.75 Å². The minimum absolute atomic E-state index is 0.0971. The topological polar surface area (TPSA) is 118 Å². The summed E-state index contributed by atoms with van der Waals surface area (Å²) in [5.41, 5.74) is -0.780. The summed E-state index contributed by atoms with van der Waals surface area (Å²) in [6, 6.07) is 7.74. The molecule has 1 aromatic carbocycles. The van der Waals surface area contributed by atoms with Crippen LogP contribution in [0.1, 0.15) is 30.4 Å². The fourth-order valence-electron chi connectivity index (χ4n) is 3.61. The number of hydrogen-bond donors (Lipinski definition) is 1. The lowest BCUT2D eigenvalue weighted by molar-refractivity contribution is -0.200. The van der Waals surface area contributed by atoms with Crippen LogP contribution in [0.4, 0.5) is 0 Å². The lowest BCUT2D eigenvalue weighted by Crippen LogP contribution is -2.37. The Bertz CT molecular complexity index is 1040. The standard InChI is InChI=1S/C20H22N2O8/c1-20(2)29-15-13(10-27-18(24)11-4-6-12(26-3)7-5-11)28-17(16(15)30-20)22-9-8-14(23)21-19(22)25/h4-9,13,15-17H,10H2,1-3H3,(H,21,23,25). The Balaban J connectivity index is 1.51. The first-order valence-corrected chi connectivity index (χ1v) is 9.41. The number of methoxy groups -OCH3 is 1. The largest absolute Gasteiger partial charge is 0.497 e. The molecular formula is C20H22N2O8. The predicted octanol–water partition coefficient (Wildman–Crippen LogP) is 0.820. The van der Waals surface area contributed by atoms with E-state index in [-0.39, 0.29) is 6.61 Å². The fourth-order valence-corrected chi connectivity index (χ4v) is 3.61. The Morgan fingerprint density at radius 3 is 2.50 bits per heavy atom. The molecule has 2 aliphatic rings. The van der Waals surface area contributed by atoms with Gasteiger partial charge in [-0.25, -0.2) is 9.59 Å². The van der Waals surface area contributed by atoms with E-state index in [9.17, 15) is 14.4 Å². The molecule has 4 rings (SSSR count). The normalized spacial score (nSPS) is 26.9. The van der Waals surface area contributed by atoms with Crippen molar-refractivity contribution in [3.05, 3.63) is 62.9 Å². The molecule has 3 heterocycles. The van der Waals surface area contributed by atoms with Crippen LogP contribution < -0.4 is 16.0 Å². The van der Waals surface area contributed by atoms with Crippen LogP contribution in [-0.4, -0.2) is 53.3 Å². The number of aromatic nitrogens is 2. The van der Waals surface area contributed by atoms with Gasteiger partial charge in [0.25, 0.3) is 5.56 Å². The SMILES string of the molecule is COc1ccc(C(=O)OCC2OC(n3ccc(=O)[nH]c3=O)C3OC(C)(C)OC23)cc1. The maximum Gasteiger partial charge on any atom is 0.338 e. The number of ether oxygens (including phenoxy) is 5. The molecule has 10 nitrogen and oxygen atoms in total. The molecule has 0 bridgehead atoms. The van der Waals surface area contributed by atoms with Gasteiger partial charge in [-0.2, -0.15) is 0 Å². The molecule has 0 amide bonds. The summed E-state index contributed by atoms with van der Waals surface area (Å²) in [7, 11) is 1.54. The predicted molar refractivity (Wildman–Crippen MR) is 102 cm³/mol. The van der Waals surface area contributed by atoms with Crippen molar-refractivity contribution in [3.63, 3.8) is 0 Å². The lowest BCUT2D eigenvalue weighted by atomic mass is 10.1. The van der Waals surface area contributed by atoms with Crippen LogP contribution in [0.3, 0.4) is 0 Å². The van der Waals surface area contributed by atoms with E-state index in [4.69, 9.17) is 23.7 Å². The van der Waals surface area contributed by atoms with Gasteiger partial charge in [-0.1, -0.05) is 0 Å². The zero-order valence-corrected chi connectivity index (χ0v) is 16.7. The second-order valence-corrected chi connectivity index (χ2v) is 7.47. The molecule has 0 saturated carbocycles. The van der Waals surface area contributed by atoms with E-state index in [1.165, 1.54) is 23.9 Å². The number of carbonyl (C=O) groups excluding carboxylic acids is 1. The van der Waals surface area contributed by atoms with E-state index < -0.39 is 47.5 Å². The van der Waals surface area contributed by atoms with Crippen molar-refractivity contribution in [2.24, 2.45) is 0 Å². The number of hydrogen-bond acceptors (Lipinski definition) is 8. The highest BCUT2D eigenvalue weighted by molar-refractivity contribution is 5.89. The molecule has 0 spiro atoms. The van der Waals surface area contributed by atoms with E-state index in [2.05, 4.69) is 4.98 Å². The highest BCUT2D eigenvalue weighted by atomic mass is 16.8. The second-order valence-electron chi connectivity index (χ2n) is 7.47. The van der Waals surface area contributed by atoms with E-state index in [0.717, 1.165) is 0 Å². The van der Waals surface area contributed by atoms with Gasteiger partial charge in [-0.15, -0.1) is 0 Å². The molecule has 2 aliphatic heterocycles. The lowest BCUT2D eigenvalue weighted by Gasteiger charge is -2.24. The summed E-state index contributed by atoms with van der Waals surface area (Å²) in [6.07, 6.45) is -1.35. The Kier molecular flexibility index (Phi) is 5.22. The number of H-pyrrole nitrogens is 1. The van der Waals surface area contributed by atoms with E-state index in [1.807, 2.05) is 0 Å². The van der Waals surface area contributed by atoms with Gasteiger partial charge in [0.05, 0.1) is 12.7 Å². The molecule has 0 aliphatic carbocycles. The van der Waals surface area contributed by atoms with E-state index >= 15 is 0 Å². The molecule has 10 heteroatoms. The molecule has 2 fully saturated rings. The van der Waals surface area contributed by atoms with Crippen LogP contribution in [-0.2, 0) is 18.9 Å². The van der Waals surface area contributed by atoms with Gasteiger partial charge in [0.1, 0.15) is 30.7 Å². The number of nitrogens with one attached hydrogen (secondary N) is 1. The Hall–Kier alpha value is -2.95. The molecular weight excluding hydrogens is 396 g/mol. The van der Waals surface area contributed by atoms with E-state index in [0.29, 0.717) is 11.3 Å². The molecule has 1 N–H and O–H groups in total. The summed E-state index contributed by atoms with van der Waals surface area (Å²) in [6.45, 7) is 3.40. The Morgan fingerprint density at radius 1 is 1.13 bits per heavy atom. The summed E-state index contributed by atoms with van der Waals surface area (Å²) >= 11 is 0. The summed E-state index contributed by atoms with van der Waals surface area (Å²) in [5.74, 6) is -0.802. The highest BCUT2D eigenvalue weighted by Crippen LogP contribution is 2.42. The van der Waals surface area contributed by atoms with Crippen LogP contribution in [0, 0.1) is 0 Å². The third kappa shape index (κ3) is 3.89. The maximum atomic E-state index is 12.4. The van der Waals surface area contributed by atoms with E-state index in [1.54, 1.807) is 38.1 Å². The Labute approximate surface area is 171 Å². The molecule has 4 atom stereocenters. The molecule has 160 valence electrons. The average molecular weight is 418 g/mol. The van der Waals surface area contributed by atoms with Crippen molar-refractivity contribution in [1.29, 1.82) is 0 Å². The third-order valence-electron chi connectivity index (χ3n) is 4.96. The van der Waals surface area contributed by atoms with Gasteiger partial charge in [0.2, 0.25) is 0 Å². The van der Waals surface area contributed by atoms with Crippen molar-refractivity contribution in [2.45, 2.75) is 44.2 Å².